The molecule has 3 atom stereocenters. The standard InChI is InChI=1S/C28H39N3O4/c1-7-14-20(2)29-25(32)24(22-17-12-9-13-18-22)31(6)26(33)23(19-21-15-10-8-11-16-21)30-27(34)35-28(3,4)5/h8-13,15-18,20,23-24H,7,14,19H2,1-6H3,(H,29,32)(H,30,34). The van der Waals surface area contributed by atoms with Gasteiger partial charge < -0.3 is 20.3 Å². The van der Waals surface area contributed by atoms with Crippen LogP contribution in [0.4, 0.5) is 4.79 Å². The molecule has 0 radical (unpaired) electrons. The first-order chi connectivity index (χ1) is 16.5. The van der Waals surface area contributed by atoms with E-state index >= 15 is 0 Å². The topological polar surface area (TPSA) is 87.7 Å². The number of ether oxygens (including phenoxy) is 1. The van der Waals surface area contributed by atoms with Gasteiger partial charge in [0.05, 0.1) is 0 Å². The van der Waals surface area contributed by atoms with E-state index < -0.39 is 23.8 Å². The van der Waals surface area contributed by atoms with Crippen molar-refractivity contribution in [1.82, 2.24) is 15.5 Å². The van der Waals surface area contributed by atoms with E-state index in [9.17, 15) is 14.4 Å². The summed E-state index contributed by atoms with van der Waals surface area (Å²) in [7, 11) is 1.60. The second-order valence-corrected chi connectivity index (χ2v) is 9.85. The molecule has 0 aliphatic carbocycles. The van der Waals surface area contributed by atoms with Gasteiger partial charge in [-0.15, -0.1) is 0 Å². The third-order valence-electron chi connectivity index (χ3n) is 5.48. The van der Waals surface area contributed by atoms with E-state index in [2.05, 4.69) is 17.6 Å². The largest absolute Gasteiger partial charge is 0.444 e. The van der Waals surface area contributed by atoms with Crippen LogP contribution < -0.4 is 10.6 Å². The van der Waals surface area contributed by atoms with Gasteiger partial charge >= 0.3 is 6.09 Å². The van der Waals surface area contributed by atoms with Gasteiger partial charge in [-0.2, -0.15) is 0 Å². The summed E-state index contributed by atoms with van der Waals surface area (Å²) >= 11 is 0. The van der Waals surface area contributed by atoms with Crippen molar-refractivity contribution >= 4 is 17.9 Å². The molecule has 0 saturated carbocycles. The molecule has 2 rings (SSSR count). The van der Waals surface area contributed by atoms with Crippen molar-refractivity contribution in [2.24, 2.45) is 0 Å². The zero-order valence-electron chi connectivity index (χ0n) is 21.7. The Balaban J connectivity index is 2.35. The van der Waals surface area contributed by atoms with Gasteiger partial charge in [0.15, 0.2) is 0 Å². The Bertz CT molecular complexity index is 957. The zero-order valence-corrected chi connectivity index (χ0v) is 21.7. The van der Waals surface area contributed by atoms with Crippen LogP contribution in [0.15, 0.2) is 60.7 Å². The van der Waals surface area contributed by atoms with Crippen molar-refractivity contribution in [2.45, 2.75) is 77.6 Å². The summed E-state index contributed by atoms with van der Waals surface area (Å²) in [5, 5.41) is 5.76. The number of carbonyl (C=O) groups excluding carboxylic acids is 3. The van der Waals surface area contributed by atoms with Crippen LogP contribution in [-0.2, 0) is 20.7 Å². The molecule has 0 saturated heterocycles. The maximum absolute atomic E-state index is 13.8. The Kier molecular flexibility index (Phi) is 10.3. The Morgan fingerprint density at radius 3 is 2.06 bits per heavy atom. The Labute approximate surface area is 209 Å². The molecule has 3 unspecified atom stereocenters. The van der Waals surface area contributed by atoms with E-state index in [0.29, 0.717) is 5.56 Å². The van der Waals surface area contributed by atoms with Gasteiger partial charge in [0.2, 0.25) is 11.8 Å². The highest BCUT2D eigenvalue weighted by Crippen LogP contribution is 2.22. The van der Waals surface area contributed by atoms with Crippen molar-refractivity contribution < 1.29 is 19.1 Å². The number of alkyl carbamates (subject to hydrolysis) is 1. The van der Waals surface area contributed by atoms with Crippen LogP contribution in [0, 0.1) is 0 Å². The number of hydrogen-bond donors (Lipinski definition) is 2. The normalized spacial score (nSPS) is 13.8. The summed E-state index contributed by atoms with van der Waals surface area (Å²) in [5.41, 5.74) is 0.867. The van der Waals surface area contributed by atoms with Crippen molar-refractivity contribution in [1.29, 1.82) is 0 Å². The monoisotopic (exact) mass is 481 g/mol. The minimum Gasteiger partial charge on any atom is -0.444 e. The molecule has 7 nitrogen and oxygen atoms in total. The van der Waals surface area contributed by atoms with Crippen LogP contribution in [0.3, 0.4) is 0 Å². The average Bonchev–Trinajstić information content (AvgIpc) is 2.78. The van der Waals surface area contributed by atoms with Gasteiger partial charge in [-0.3, -0.25) is 9.59 Å². The van der Waals surface area contributed by atoms with Crippen LogP contribution in [0.1, 0.15) is 64.6 Å². The quantitative estimate of drug-likeness (QED) is 0.518. The fraction of sp³-hybridized carbons (Fsp3) is 0.464. The molecule has 0 fully saturated rings. The summed E-state index contributed by atoms with van der Waals surface area (Å²) in [6.45, 7) is 9.30. The maximum atomic E-state index is 13.8. The molecule has 0 aromatic heterocycles. The van der Waals surface area contributed by atoms with Gasteiger partial charge in [-0.1, -0.05) is 74.0 Å². The first-order valence-electron chi connectivity index (χ1n) is 12.2. The number of rotatable bonds is 10. The van der Waals surface area contributed by atoms with E-state index in [1.165, 1.54) is 4.90 Å². The van der Waals surface area contributed by atoms with Crippen LogP contribution in [-0.4, -0.2) is 47.5 Å². The Morgan fingerprint density at radius 2 is 1.51 bits per heavy atom. The highest BCUT2D eigenvalue weighted by molar-refractivity contribution is 5.92. The number of carbonyl (C=O) groups is 3. The van der Waals surface area contributed by atoms with E-state index in [1.807, 2.05) is 67.6 Å². The van der Waals surface area contributed by atoms with Gasteiger partial charge in [0.1, 0.15) is 17.7 Å². The first-order valence-corrected chi connectivity index (χ1v) is 12.2. The number of benzene rings is 2. The van der Waals surface area contributed by atoms with Gasteiger partial charge in [-0.25, -0.2) is 4.79 Å². The fourth-order valence-corrected chi connectivity index (χ4v) is 3.89. The smallest absolute Gasteiger partial charge is 0.408 e. The predicted octanol–water partition coefficient (Wildman–Crippen LogP) is 4.63. The van der Waals surface area contributed by atoms with E-state index in [4.69, 9.17) is 4.74 Å². The van der Waals surface area contributed by atoms with E-state index in [1.54, 1.807) is 27.8 Å². The molecule has 190 valence electrons. The summed E-state index contributed by atoms with van der Waals surface area (Å²) in [5.74, 6) is -0.643. The predicted molar refractivity (Wildman–Crippen MR) is 138 cm³/mol. The summed E-state index contributed by atoms with van der Waals surface area (Å²) < 4.78 is 5.41. The number of nitrogens with one attached hydrogen (secondary N) is 2. The van der Waals surface area contributed by atoms with Crippen molar-refractivity contribution in [2.75, 3.05) is 7.05 Å². The summed E-state index contributed by atoms with van der Waals surface area (Å²) in [6, 6.07) is 16.8. The zero-order chi connectivity index (χ0) is 26.0. The number of likely N-dealkylation sites (N-methyl/N-ethyl adjacent to an activating group) is 1. The van der Waals surface area contributed by atoms with Crippen molar-refractivity contribution in [3.05, 3.63) is 71.8 Å². The number of amides is 3. The van der Waals surface area contributed by atoms with Crippen LogP contribution >= 0.6 is 0 Å². The minimum atomic E-state index is -0.913. The lowest BCUT2D eigenvalue weighted by Gasteiger charge is -2.32. The number of hydrogen-bond acceptors (Lipinski definition) is 4. The van der Waals surface area contributed by atoms with Crippen LogP contribution in [0.5, 0.6) is 0 Å². The SMILES string of the molecule is CCCC(C)NC(=O)C(c1ccccc1)N(C)C(=O)C(Cc1ccccc1)NC(=O)OC(C)(C)C. The number of nitrogens with zero attached hydrogens (tertiary/aromatic N) is 1. The van der Waals surface area contributed by atoms with Gasteiger partial charge in [-0.05, 0) is 45.2 Å². The van der Waals surface area contributed by atoms with E-state index in [0.717, 1.165) is 18.4 Å². The molecular weight excluding hydrogens is 442 g/mol. The third kappa shape index (κ3) is 9.08. The van der Waals surface area contributed by atoms with Crippen LogP contribution in [0.25, 0.3) is 0 Å². The minimum absolute atomic E-state index is 0.0257. The molecule has 35 heavy (non-hydrogen) atoms. The maximum Gasteiger partial charge on any atom is 0.408 e. The molecule has 2 N–H and O–H groups in total. The molecule has 0 aliphatic heterocycles. The summed E-state index contributed by atoms with van der Waals surface area (Å²) in [4.78, 5) is 41.1. The second-order valence-electron chi connectivity index (χ2n) is 9.85. The van der Waals surface area contributed by atoms with Gasteiger partial charge in [0.25, 0.3) is 0 Å². The molecule has 2 aromatic carbocycles. The molecular formula is C28H39N3O4. The highest BCUT2D eigenvalue weighted by Gasteiger charge is 2.34. The van der Waals surface area contributed by atoms with Crippen molar-refractivity contribution in [3.8, 4) is 0 Å². The molecule has 7 heteroatoms. The Morgan fingerprint density at radius 1 is 0.943 bits per heavy atom. The molecule has 0 aliphatic rings. The fourth-order valence-electron chi connectivity index (χ4n) is 3.89. The van der Waals surface area contributed by atoms with Crippen molar-refractivity contribution in [3.63, 3.8) is 0 Å². The molecule has 0 heterocycles. The molecule has 0 bridgehead atoms. The lowest BCUT2D eigenvalue weighted by atomic mass is 10.0. The van der Waals surface area contributed by atoms with Crippen LogP contribution in [0.2, 0.25) is 0 Å². The first kappa shape index (κ1) is 27.9. The average molecular weight is 482 g/mol. The molecule has 2 aromatic rings. The van der Waals surface area contributed by atoms with E-state index in [-0.39, 0.29) is 24.3 Å². The Hall–Kier alpha value is -3.35. The lowest BCUT2D eigenvalue weighted by Crippen LogP contribution is -2.53. The van der Waals surface area contributed by atoms with Gasteiger partial charge in [0, 0.05) is 19.5 Å². The highest BCUT2D eigenvalue weighted by atomic mass is 16.6. The summed E-state index contributed by atoms with van der Waals surface area (Å²) in [6.07, 6.45) is 1.35. The second kappa shape index (κ2) is 12.9. The molecule has 3 amide bonds. The molecule has 0 spiro atoms. The lowest BCUT2D eigenvalue weighted by molar-refractivity contribution is -0.141. The third-order valence-corrected chi connectivity index (χ3v) is 5.48.